The van der Waals surface area contributed by atoms with E-state index in [-0.39, 0.29) is 33.9 Å². The van der Waals surface area contributed by atoms with E-state index in [2.05, 4.69) is 0 Å². The van der Waals surface area contributed by atoms with Gasteiger partial charge < -0.3 is 11.5 Å². The van der Waals surface area contributed by atoms with Crippen molar-refractivity contribution in [2.24, 2.45) is 5.73 Å². The highest BCUT2D eigenvalue weighted by Crippen LogP contribution is 2.33. The molecule has 1 aliphatic rings. The van der Waals surface area contributed by atoms with Gasteiger partial charge in [-0.05, 0) is 17.7 Å². The van der Waals surface area contributed by atoms with Gasteiger partial charge in [0.1, 0.15) is 0 Å². The van der Waals surface area contributed by atoms with Crippen LogP contribution in [0, 0.1) is 0 Å². The van der Waals surface area contributed by atoms with E-state index in [0.717, 1.165) is 0 Å². The lowest BCUT2D eigenvalue weighted by molar-refractivity contribution is 0.0959. The van der Waals surface area contributed by atoms with Gasteiger partial charge in [0, 0.05) is 22.3 Å². The number of fused-ring (bicyclic) bond motifs is 2. The molecule has 0 amide bonds. The molecule has 3 aromatic carbocycles. The molecule has 0 spiro atoms. The minimum absolute atomic E-state index is 0.00302. The van der Waals surface area contributed by atoms with E-state index in [0.29, 0.717) is 16.7 Å². The van der Waals surface area contributed by atoms with Gasteiger partial charge in [0.2, 0.25) is 0 Å². The molecular weight excluding hydrogens is 340 g/mol. The smallest absolute Gasteiger partial charge is 0.196 e. The summed E-state index contributed by atoms with van der Waals surface area (Å²) < 4.78 is 0. The summed E-state index contributed by atoms with van der Waals surface area (Å²) in [4.78, 5) is 38.5. The maximum absolute atomic E-state index is 12.9. The van der Waals surface area contributed by atoms with Gasteiger partial charge in [-0.2, -0.15) is 0 Å². The highest BCUT2D eigenvalue weighted by molar-refractivity contribution is 6.31. The maximum Gasteiger partial charge on any atom is 0.196 e. The van der Waals surface area contributed by atoms with Crippen molar-refractivity contribution in [1.82, 2.24) is 0 Å². The topological polar surface area (TPSA) is 103 Å². The fraction of sp³-hybridized carbons (Fsp3) is 0.0455. The van der Waals surface area contributed by atoms with Crippen molar-refractivity contribution in [3.63, 3.8) is 0 Å². The lowest BCUT2D eigenvalue weighted by Gasteiger charge is -2.21. The Morgan fingerprint density at radius 2 is 1.33 bits per heavy atom. The molecule has 4 N–H and O–H groups in total. The highest BCUT2D eigenvalue weighted by Gasteiger charge is 2.33. The van der Waals surface area contributed by atoms with Gasteiger partial charge in [-0.25, -0.2) is 0 Å². The molecule has 1 aliphatic carbocycles. The largest absolute Gasteiger partial charge is 0.398 e. The molecular formula is C22H16N2O3. The highest BCUT2D eigenvalue weighted by atomic mass is 16.1. The van der Waals surface area contributed by atoms with Gasteiger partial charge >= 0.3 is 0 Å². The van der Waals surface area contributed by atoms with Crippen LogP contribution in [0.3, 0.4) is 0 Å². The first-order chi connectivity index (χ1) is 13.0. The van der Waals surface area contributed by atoms with E-state index in [1.54, 1.807) is 48.5 Å². The van der Waals surface area contributed by atoms with Crippen molar-refractivity contribution in [2.75, 3.05) is 5.73 Å². The summed E-state index contributed by atoms with van der Waals surface area (Å²) in [6, 6.07) is 17.5. The molecule has 0 radical (unpaired) electrons. The van der Waals surface area contributed by atoms with Crippen LogP contribution in [-0.2, 0) is 0 Å². The fourth-order valence-corrected chi connectivity index (χ4v) is 3.41. The summed E-state index contributed by atoms with van der Waals surface area (Å²) in [5, 5.41) is 0. The number of Topliss-reactive ketones (excluding diaryl/α,β-unsaturated/α-hetero) is 1. The Morgan fingerprint density at radius 3 is 2.00 bits per heavy atom. The first-order valence-corrected chi connectivity index (χ1v) is 8.46. The Bertz CT molecular complexity index is 1100. The first kappa shape index (κ1) is 16.9. The lowest BCUT2D eigenvalue weighted by Crippen LogP contribution is -2.26. The number of ketones is 3. The molecule has 0 aromatic heterocycles. The molecule has 3 aromatic rings. The summed E-state index contributed by atoms with van der Waals surface area (Å²) in [5.74, 6) is -1.04. The third kappa shape index (κ3) is 2.56. The third-order valence-corrected chi connectivity index (χ3v) is 4.84. The second-order valence-electron chi connectivity index (χ2n) is 6.41. The Morgan fingerprint density at radius 1 is 0.741 bits per heavy atom. The van der Waals surface area contributed by atoms with E-state index in [1.165, 1.54) is 12.1 Å². The number of hydrogen-bond acceptors (Lipinski definition) is 5. The van der Waals surface area contributed by atoms with Crippen molar-refractivity contribution in [1.29, 1.82) is 0 Å². The molecule has 0 aliphatic heterocycles. The summed E-state index contributed by atoms with van der Waals surface area (Å²) in [6.45, 7) is 0. The first-order valence-electron chi connectivity index (χ1n) is 8.46. The predicted molar refractivity (Wildman–Crippen MR) is 102 cm³/mol. The molecule has 0 fully saturated rings. The van der Waals surface area contributed by atoms with Gasteiger partial charge in [0.15, 0.2) is 17.3 Å². The molecule has 0 saturated heterocycles. The Labute approximate surface area is 155 Å². The molecule has 4 rings (SSSR count). The molecule has 5 nitrogen and oxygen atoms in total. The Hall–Kier alpha value is -3.57. The molecule has 27 heavy (non-hydrogen) atoms. The van der Waals surface area contributed by atoms with Crippen LogP contribution in [0.25, 0.3) is 0 Å². The van der Waals surface area contributed by atoms with Crippen LogP contribution in [0.2, 0.25) is 0 Å². The molecule has 0 bridgehead atoms. The van der Waals surface area contributed by atoms with E-state index in [1.807, 2.05) is 6.07 Å². The molecule has 0 heterocycles. The van der Waals surface area contributed by atoms with Gasteiger partial charge in [-0.3, -0.25) is 14.4 Å². The minimum atomic E-state index is -0.909. The number of nitrogens with two attached hydrogens (primary N) is 2. The maximum atomic E-state index is 12.9. The number of carbonyl (C=O) groups is 3. The fourth-order valence-electron chi connectivity index (χ4n) is 3.41. The molecule has 1 atom stereocenters. The van der Waals surface area contributed by atoms with E-state index in [9.17, 15) is 14.4 Å². The van der Waals surface area contributed by atoms with Crippen molar-refractivity contribution in [3.8, 4) is 0 Å². The van der Waals surface area contributed by atoms with Crippen molar-refractivity contribution in [3.05, 3.63) is 100 Å². The van der Waals surface area contributed by atoms with Gasteiger partial charge in [0.05, 0.1) is 17.3 Å². The molecule has 0 saturated carbocycles. The minimum Gasteiger partial charge on any atom is -0.398 e. The number of hydrogen-bond donors (Lipinski definition) is 2. The van der Waals surface area contributed by atoms with E-state index in [4.69, 9.17) is 11.5 Å². The van der Waals surface area contributed by atoms with Crippen molar-refractivity contribution < 1.29 is 14.4 Å². The quantitative estimate of drug-likeness (QED) is 0.434. The Balaban J connectivity index is 1.82. The summed E-state index contributed by atoms with van der Waals surface area (Å²) in [6.07, 6.45) is 0. The number of benzene rings is 3. The van der Waals surface area contributed by atoms with Crippen LogP contribution >= 0.6 is 0 Å². The van der Waals surface area contributed by atoms with Crippen molar-refractivity contribution in [2.45, 2.75) is 6.04 Å². The zero-order valence-corrected chi connectivity index (χ0v) is 14.3. The summed E-state index contributed by atoms with van der Waals surface area (Å²) in [7, 11) is 0. The third-order valence-electron chi connectivity index (χ3n) is 4.84. The van der Waals surface area contributed by atoms with Gasteiger partial charge in [0.25, 0.3) is 0 Å². The number of nitrogen functional groups attached to an aromatic ring is 1. The van der Waals surface area contributed by atoms with E-state index >= 15 is 0 Å². The zero-order chi connectivity index (χ0) is 19.1. The van der Waals surface area contributed by atoms with Crippen LogP contribution in [0.4, 0.5) is 5.69 Å². The van der Waals surface area contributed by atoms with Crippen molar-refractivity contribution >= 4 is 23.0 Å². The number of anilines is 1. The standard InChI is InChI=1S/C22H16N2O3/c23-18(12-6-2-1-3-7-12)22(27)16-11-10-15-17(19(16)24)21(26)14-9-5-4-8-13(14)20(15)25/h1-11,18H,23-24H2. The van der Waals surface area contributed by atoms with Crippen LogP contribution in [0.15, 0.2) is 66.7 Å². The van der Waals surface area contributed by atoms with E-state index < -0.39 is 11.8 Å². The van der Waals surface area contributed by atoms with Gasteiger partial charge in [-0.15, -0.1) is 0 Å². The number of carbonyl (C=O) groups excluding carboxylic acids is 3. The molecule has 5 heteroatoms. The average molecular weight is 356 g/mol. The SMILES string of the molecule is Nc1c(C(=O)C(N)c2ccccc2)ccc2c1C(=O)c1ccccc1C2=O. The zero-order valence-electron chi connectivity index (χ0n) is 14.3. The number of rotatable bonds is 3. The monoisotopic (exact) mass is 356 g/mol. The van der Waals surface area contributed by atoms with Crippen LogP contribution in [0.1, 0.15) is 53.8 Å². The van der Waals surface area contributed by atoms with Crippen LogP contribution in [-0.4, -0.2) is 17.3 Å². The van der Waals surface area contributed by atoms with Crippen LogP contribution < -0.4 is 11.5 Å². The predicted octanol–water partition coefficient (Wildman–Crippen LogP) is 2.93. The Kier molecular flexibility index (Phi) is 3.94. The summed E-state index contributed by atoms with van der Waals surface area (Å²) in [5.41, 5.74) is 14.0. The second kappa shape index (κ2) is 6.30. The van der Waals surface area contributed by atoms with Crippen LogP contribution in [0.5, 0.6) is 0 Å². The lowest BCUT2D eigenvalue weighted by atomic mass is 9.81. The molecule has 132 valence electrons. The normalized spacial score (nSPS) is 13.7. The average Bonchev–Trinajstić information content (AvgIpc) is 2.71. The molecule has 1 unspecified atom stereocenters. The van der Waals surface area contributed by atoms with Gasteiger partial charge in [-0.1, -0.05) is 54.6 Å². The second-order valence-corrected chi connectivity index (χ2v) is 6.41. The summed E-state index contributed by atoms with van der Waals surface area (Å²) >= 11 is 0.